The highest BCUT2D eigenvalue weighted by Crippen LogP contribution is 1.98. The van der Waals surface area contributed by atoms with Crippen LogP contribution in [0.4, 0.5) is 5.69 Å². The van der Waals surface area contributed by atoms with Crippen LogP contribution in [-0.2, 0) is 0 Å². The molecule has 0 saturated carbocycles. The number of anilines is 1. The van der Waals surface area contributed by atoms with Crippen molar-refractivity contribution in [2.45, 2.75) is 6.92 Å². The molecule has 0 bridgehead atoms. The minimum absolute atomic E-state index is 0.0349. The second-order valence-electron chi connectivity index (χ2n) is 2.97. The van der Waals surface area contributed by atoms with Crippen LogP contribution in [0.3, 0.4) is 0 Å². The summed E-state index contributed by atoms with van der Waals surface area (Å²) >= 11 is 0. The molecule has 0 unspecified atom stereocenters. The summed E-state index contributed by atoms with van der Waals surface area (Å²) in [6, 6.07) is 0. The molecule has 0 spiro atoms. The molecule has 0 aliphatic heterocycles. The molecule has 0 radical (unpaired) electrons. The number of aliphatic hydroxyl groups is 1. The summed E-state index contributed by atoms with van der Waals surface area (Å²) in [5.74, 6) is 0. The topological polar surface area (TPSA) is 101 Å². The monoisotopic (exact) mass is 211 g/mol. The number of hydrogen-bond acceptors (Lipinski definition) is 6. The molecule has 6 heteroatoms. The van der Waals surface area contributed by atoms with Crippen LogP contribution in [0.25, 0.3) is 0 Å². The Labute approximate surface area is 83.5 Å². The van der Waals surface area contributed by atoms with E-state index in [0.717, 1.165) is 0 Å². The standard InChI is InChI=1S/C9H9NO5/c1-4-5(10-2-3-11)7(13)9(15)8(14)6(4)12/h10-11H,2-3H2,1H3. The molecule has 80 valence electrons. The van der Waals surface area contributed by atoms with Crippen molar-refractivity contribution in [2.24, 2.45) is 0 Å². The molecule has 15 heavy (non-hydrogen) atoms. The highest BCUT2D eigenvalue weighted by molar-refractivity contribution is 5.50. The number of aliphatic hydroxyl groups excluding tert-OH is 1. The van der Waals surface area contributed by atoms with Crippen LogP contribution in [0.1, 0.15) is 5.56 Å². The van der Waals surface area contributed by atoms with Gasteiger partial charge in [0, 0.05) is 12.1 Å². The van der Waals surface area contributed by atoms with E-state index >= 15 is 0 Å². The van der Waals surface area contributed by atoms with Gasteiger partial charge >= 0.3 is 0 Å². The lowest BCUT2D eigenvalue weighted by Crippen LogP contribution is -2.48. The van der Waals surface area contributed by atoms with E-state index in [-0.39, 0.29) is 24.4 Å². The number of hydrogen-bond donors (Lipinski definition) is 2. The molecule has 2 N–H and O–H groups in total. The number of rotatable bonds is 3. The van der Waals surface area contributed by atoms with Gasteiger partial charge < -0.3 is 10.4 Å². The van der Waals surface area contributed by atoms with E-state index in [1.165, 1.54) is 6.92 Å². The Balaban J connectivity index is 3.54. The maximum Gasteiger partial charge on any atom is 0.279 e. The van der Waals surface area contributed by atoms with E-state index in [1.807, 2.05) is 0 Å². The summed E-state index contributed by atoms with van der Waals surface area (Å²) < 4.78 is 0. The van der Waals surface area contributed by atoms with Gasteiger partial charge in [0.25, 0.3) is 16.3 Å². The van der Waals surface area contributed by atoms with Crippen LogP contribution >= 0.6 is 0 Å². The molecule has 0 amide bonds. The molecule has 6 nitrogen and oxygen atoms in total. The van der Waals surface area contributed by atoms with Crippen LogP contribution in [0.2, 0.25) is 0 Å². The zero-order valence-corrected chi connectivity index (χ0v) is 7.99. The fraction of sp³-hybridized carbons (Fsp3) is 0.333. The first-order chi connectivity index (χ1) is 7.00. The van der Waals surface area contributed by atoms with E-state index in [2.05, 4.69) is 5.32 Å². The van der Waals surface area contributed by atoms with Crippen molar-refractivity contribution in [1.29, 1.82) is 0 Å². The van der Waals surface area contributed by atoms with Gasteiger partial charge in [0.2, 0.25) is 5.43 Å². The zero-order valence-electron chi connectivity index (χ0n) is 7.99. The van der Waals surface area contributed by atoms with Gasteiger partial charge in [-0.05, 0) is 6.92 Å². The van der Waals surface area contributed by atoms with Gasteiger partial charge in [-0.15, -0.1) is 0 Å². The van der Waals surface area contributed by atoms with Crippen LogP contribution in [0, 0.1) is 6.92 Å². The predicted molar refractivity (Wildman–Crippen MR) is 54.2 cm³/mol. The molecule has 0 heterocycles. The molecule has 1 aromatic carbocycles. The third kappa shape index (κ3) is 1.84. The molecular weight excluding hydrogens is 202 g/mol. The third-order valence-electron chi connectivity index (χ3n) is 1.97. The SMILES string of the molecule is Cc1c(NCCO)c(=O)c(=O)c(=O)c1=O. The van der Waals surface area contributed by atoms with Crippen molar-refractivity contribution in [1.82, 2.24) is 0 Å². The average molecular weight is 211 g/mol. The second-order valence-corrected chi connectivity index (χ2v) is 2.97. The zero-order chi connectivity index (χ0) is 11.6. The molecule has 0 aliphatic rings. The molecule has 0 aliphatic carbocycles. The van der Waals surface area contributed by atoms with Crippen molar-refractivity contribution in [3.8, 4) is 0 Å². The summed E-state index contributed by atoms with van der Waals surface area (Å²) in [5, 5.41) is 11.0. The van der Waals surface area contributed by atoms with Gasteiger partial charge in [-0.3, -0.25) is 19.2 Å². The van der Waals surface area contributed by atoms with Gasteiger partial charge in [0.15, 0.2) is 0 Å². The summed E-state index contributed by atoms with van der Waals surface area (Å²) in [7, 11) is 0. The summed E-state index contributed by atoms with van der Waals surface area (Å²) in [4.78, 5) is 44.4. The van der Waals surface area contributed by atoms with Gasteiger partial charge in [-0.2, -0.15) is 0 Å². The molecule has 1 aromatic rings. The fourth-order valence-electron chi connectivity index (χ4n) is 1.17. The first-order valence-electron chi connectivity index (χ1n) is 4.24. The van der Waals surface area contributed by atoms with E-state index in [9.17, 15) is 19.2 Å². The lowest BCUT2D eigenvalue weighted by molar-refractivity contribution is 0.311. The Morgan fingerprint density at radius 2 is 1.53 bits per heavy atom. The summed E-state index contributed by atoms with van der Waals surface area (Å²) in [5.41, 5.74) is -4.90. The predicted octanol–water partition coefficient (Wildman–Crippen LogP) is -2.28. The van der Waals surface area contributed by atoms with Crippen molar-refractivity contribution in [2.75, 3.05) is 18.5 Å². The first kappa shape index (κ1) is 11.3. The van der Waals surface area contributed by atoms with Crippen LogP contribution in [0.5, 0.6) is 0 Å². The molecule has 1 rings (SSSR count). The Morgan fingerprint density at radius 3 is 2.07 bits per heavy atom. The quantitative estimate of drug-likeness (QED) is 0.546. The molecule has 0 aromatic heterocycles. The molecule has 0 fully saturated rings. The molecule has 0 atom stereocenters. The Morgan fingerprint density at radius 1 is 1.00 bits per heavy atom. The Bertz CT molecular complexity index is 568. The summed E-state index contributed by atoms with van der Waals surface area (Å²) in [6.07, 6.45) is 0. The van der Waals surface area contributed by atoms with Crippen molar-refractivity contribution in [3.63, 3.8) is 0 Å². The number of nitrogens with one attached hydrogen (secondary N) is 1. The van der Waals surface area contributed by atoms with Crippen molar-refractivity contribution in [3.05, 3.63) is 46.5 Å². The van der Waals surface area contributed by atoms with Crippen molar-refractivity contribution >= 4 is 5.69 Å². The lowest BCUT2D eigenvalue weighted by atomic mass is 10.1. The second kappa shape index (κ2) is 4.14. The molecular formula is C9H9NO5. The average Bonchev–Trinajstić information content (AvgIpc) is 2.24. The first-order valence-corrected chi connectivity index (χ1v) is 4.24. The van der Waals surface area contributed by atoms with Crippen LogP contribution in [-0.4, -0.2) is 18.3 Å². The highest BCUT2D eigenvalue weighted by atomic mass is 16.3. The van der Waals surface area contributed by atoms with Crippen molar-refractivity contribution < 1.29 is 5.11 Å². The third-order valence-corrected chi connectivity index (χ3v) is 1.97. The summed E-state index contributed by atoms with van der Waals surface area (Å²) in [6.45, 7) is 1.07. The van der Waals surface area contributed by atoms with Crippen LogP contribution < -0.4 is 27.0 Å². The highest BCUT2D eigenvalue weighted by Gasteiger charge is 2.14. The van der Waals surface area contributed by atoms with Gasteiger partial charge in [-0.1, -0.05) is 0 Å². The fourth-order valence-corrected chi connectivity index (χ4v) is 1.17. The van der Waals surface area contributed by atoms with Gasteiger partial charge in [0.1, 0.15) is 0 Å². The van der Waals surface area contributed by atoms with Gasteiger partial charge in [0.05, 0.1) is 12.3 Å². The van der Waals surface area contributed by atoms with Crippen LogP contribution in [0.15, 0.2) is 19.2 Å². The normalized spacial score (nSPS) is 10.3. The Kier molecular flexibility index (Phi) is 3.11. The minimum Gasteiger partial charge on any atom is -0.395 e. The van der Waals surface area contributed by atoms with E-state index < -0.39 is 21.7 Å². The minimum atomic E-state index is -1.33. The van der Waals surface area contributed by atoms with E-state index in [4.69, 9.17) is 5.11 Å². The Hall–Kier alpha value is -1.82. The lowest BCUT2D eigenvalue weighted by Gasteiger charge is -2.03. The largest absolute Gasteiger partial charge is 0.395 e. The van der Waals surface area contributed by atoms with E-state index in [0.29, 0.717) is 0 Å². The van der Waals surface area contributed by atoms with Gasteiger partial charge in [-0.25, -0.2) is 0 Å². The maximum atomic E-state index is 11.3. The smallest absolute Gasteiger partial charge is 0.279 e. The van der Waals surface area contributed by atoms with E-state index in [1.54, 1.807) is 0 Å². The molecule has 0 saturated heterocycles. The number of benzene rings is 1. The maximum absolute atomic E-state index is 11.3.